The first-order chi connectivity index (χ1) is 12.7. The molecule has 27 heavy (non-hydrogen) atoms. The van der Waals surface area contributed by atoms with Gasteiger partial charge in [-0.3, -0.25) is 9.69 Å². The number of halogens is 1. The van der Waals surface area contributed by atoms with E-state index in [-0.39, 0.29) is 12.4 Å². The van der Waals surface area contributed by atoms with Crippen LogP contribution in [0.3, 0.4) is 0 Å². The van der Waals surface area contributed by atoms with E-state index in [0.29, 0.717) is 23.8 Å². The molecule has 4 heteroatoms. The van der Waals surface area contributed by atoms with Gasteiger partial charge in [-0.25, -0.2) is 0 Å². The molecule has 1 aromatic rings. The summed E-state index contributed by atoms with van der Waals surface area (Å²) < 4.78 is 0. The summed E-state index contributed by atoms with van der Waals surface area (Å²) in [5.74, 6) is 1.57. The normalized spacial score (nSPS) is 24.9. The Morgan fingerprint density at radius 3 is 2.41 bits per heavy atom. The highest BCUT2D eigenvalue weighted by molar-refractivity contribution is 5.85. The zero-order valence-electron chi connectivity index (χ0n) is 16.7. The van der Waals surface area contributed by atoms with Gasteiger partial charge in [-0.05, 0) is 75.6 Å². The van der Waals surface area contributed by atoms with E-state index in [9.17, 15) is 4.79 Å². The van der Waals surface area contributed by atoms with Gasteiger partial charge >= 0.3 is 0 Å². The third kappa shape index (κ3) is 5.06. The summed E-state index contributed by atoms with van der Waals surface area (Å²) in [6, 6.07) is 9.29. The molecule has 1 aromatic carbocycles. The quantitative estimate of drug-likeness (QED) is 0.736. The first kappa shape index (κ1) is 20.7. The molecule has 0 spiro atoms. The molecule has 2 heterocycles. The molecule has 3 aliphatic rings. The van der Waals surface area contributed by atoms with Crippen LogP contribution in [-0.4, -0.2) is 41.4 Å². The Morgan fingerprint density at radius 2 is 1.70 bits per heavy atom. The molecule has 4 rings (SSSR count). The molecule has 1 atom stereocenters. The van der Waals surface area contributed by atoms with E-state index in [2.05, 4.69) is 41.0 Å². The minimum atomic E-state index is 0. The van der Waals surface area contributed by atoms with Crippen LogP contribution in [0.15, 0.2) is 24.3 Å². The summed E-state index contributed by atoms with van der Waals surface area (Å²) >= 11 is 0. The van der Waals surface area contributed by atoms with Crippen LogP contribution in [0.2, 0.25) is 0 Å². The number of nitrogens with zero attached hydrogens (tertiary/aromatic N) is 2. The average Bonchev–Trinajstić information content (AvgIpc) is 3.51. The van der Waals surface area contributed by atoms with E-state index < -0.39 is 0 Å². The van der Waals surface area contributed by atoms with Crippen molar-refractivity contribution in [1.82, 2.24) is 9.80 Å². The monoisotopic (exact) mass is 390 g/mol. The Balaban J connectivity index is 0.00000210. The predicted octanol–water partition coefficient (Wildman–Crippen LogP) is 4.81. The van der Waals surface area contributed by atoms with Gasteiger partial charge in [0.2, 0.25) is 5.91 Å². The van der Waals surface area contributed by atoms with Crippen LogP contribution in [0.1, 0.15) is 62.5 Å². The molecule has 0 bridgehead atoms. The van der Waals surface area contributed by atoms with Crippen LogP contribution in [0, 0.1) is 18.8 Å². The number of likely N-dealkylation sites (tertiary alicyclic amines) is 2. The van der Waals surface area contributed by atoms with Gasteiger partial charge in [0.1, 0.15) is 0 Å². The Labute approximate surface area is 170 Å². The van der Waals surface area contributed by atoms with Crippen molar-refractivity contribution in [2.75, 3.05) is 19.6 Å². The van der Waals surface area contributed by atoms with Gasteiger partial charge in [-0.2, -0.15) is 0 Å². The molecule has 1 unspecified atom stereocenters. The van der Waals surface area contributed by atoms with E-state index in [0.717, 1.165) is 25.9 Å². The van der Waals surface area contributed by atoms with Crippen molar-refractivity contribution in [1.29, 1.82) is 0 Å². The third-order valence-electron chi connectivity index (χ3n) is 6.84. The molecule has 1 amide bonds. The Bertz CT molecular complexity index is 623. The van der Waals surface area contributed by atoms with Crippen molar-refractivity contribution in [2.24, 2.45) is 11.8 Å². The summed E-state index contributed by atoms with van der Waals surface area (Å²) in [5.41, 5.74) is 2.87. The lowest BCUT2D eigenvalue weighted by atomic mass is 9.85. The van der Waals surface area contributed by atoms with Gasteiger partial charge in [0.25, 0.3) is 0 Å². The van der Waals surface area contributed by atoms with Gasteiger partial charge in [0, 0.05) is 25.0 Å². The van der Waals surface area contributed by atoms with Crippen molar-refractivity contribution in [3.8, 4) is 0 Å². The fourth-order valence-electron chi connectivity index (χ4n) is 4.99. The van der Waals surface area contributed by atoms with Crippen LogP contribution < -0.4 is 0 Å². The van der Waals surface area contributed by atoms with E-state index in [1.807, 2.05) is 0 Å². The number of aryl methyl sites for hydroxylation is 1. The molecule has 2 saturated heterocycles. The fourth-order valence-corrected chi connectivity index (χ4v) is 4.99. The van der Waals surface area contributed by atoms with Gasteiger partial charge in [0.05, 0.1) is 0 Å². The Morgan fingerprint density at radius 1 is 0.963 bits per heavy atom. The van der Waals surface area contributed by atoms with Crippen molar-refractivity contribution in [3.63, 3.8) is 0 Å². The second kappa shape index (κ2) is 9.43. The number of hydrogen-bond acceptors (Lipinski definition) is 2. The first-order valence-electron chi connectivity index (χ1n) is 10.8. The molecule has 3 fully saturated rings. The second-order valence-corrected chi connectivity index (χ2v) is 8.76. The zero-order valence-corrected chi connectivity index (χ0v) is 17.6. The van der Waals surface area contributed by atoms with Crippen LogP contribution in [-0.2, 0) is 11.3 Å². The van der Waals surface area contributed by atoms with Crippen molar-refractivity contribution in [2.45, 2.75) is 70.9 Å². The number of amides is 1. The van der Waals surface area contributed by atoms with E-state index in [1.54, 1.807) is 0 Å². The molecular weight excluding hydrogens is 356 g/mol. The van der Waals surface area contributed by atoms with E-state index in [1.165, 1.54) is 62.7 Å². The molecule has 0 aromatic heterocycles. The number of carbonyl (C=O) groups excluding carboxylic acids is 1. The Hall–Kier alpha value is -1.06. The van der Waals surface area contributed by atoms with Crippen molar-refractivity contribution < 1.29 is 4.79 Å². The van der Waals surface area contributed by atoms with Crippen LogP contribution in [0.25, 0.3) is 0 Å². The average molecular weight is 391 g/mol. The number of rotatable bonds is 4. The highest BCUT2D eigenvalue weighted by Crippen LogP contribution is 2.36. The van der Waals surface area contributed by atoms with E-state index >= 15 is 0 Å². The number of carbonyl (C=O) groups is 1. The standard InChI is InChI=1S/C23H34N2O.ClH/c1-18-7-4-5-8-21(18)17-24-15-12-19(13-16-24)22-9-3-2-6-14-25(22)23(26)20-10-11-20;/h4-5,7-8,19-20,22H,2-3,6,9-17H2,1H3;1H. The van der Waals surface area contributed by atoms with Crippen molar-refractivity contribution in [3.05, 3.63) is 35.4 Å². The number of benzene rings is 1. The van der Waals surface area contributed by atoms with Crippen LogP contribution >= 0.6 is 12.4 Å². The second-order valence-electron chi connectivity index (χ2n) is 8.76. The minimum Gasteiger partial charge on any atom is -0.339 e. The maximum atomic E-state index is 12.8. The van der Waals surface area contributed by atoms with Gasteiger partial charge in [-0.1, -0.05) is 37.1 Å². The summed E-state index contributed by atoms with van der Waals surface area (Å²) in [7, 11) is 0. The van der Waals surface area contributed by atoms with Gasteiger partial charge in [-0.15, -0.1) is 12.4 Å². The summed E-state index contributed by atoms with van der Waals surface area (Å²) in [6.07, 6.45) is 9.84. The molecule has 0 radical (unpaired) electrons. The molecule has 1 saturated carbocycles. The van der Waals surface area contributed by atoms with E-state index in [4.69, 9.17) is 0 Å². The summed E-state index contributed by atoms with van der Waals surface area (Å²) in [4.78, 5) is 17.8. The minimum absolute atomic E-state index is 0. The summed E-state index contributed by atoms with van der Waals surface area (Å²) in [5, 5.41) is 0. The van der Waals surface area contributed by atoms with Crippen molar-refractivity contribution >= 4 is 18.3 Å². The highest BCUT2D eigenvalue weighted by Gasteiger charge is 2.39. The van der Waals surface area contributed by atoms with Crippen LogP contribution in [0.5, 0.6) is 0 Å². The molecule has 1 aliphatic carbocycles. The maximum absolute atomic E-state index is 12.8. The largest absolute Gasteiger partial charge is 0.339 e. The zero-order chi connectivity index (χ0) is 17.9. The number of hydrogen-bond donors (Lipinski definition) is 0. The molecule has 0 N–H and O–H groups in total. The first-order valence-corrected chi connectivity index (χ1v) is 10.8. The lowest BCUT2D eigenvalue weighted by molar-refractivity contribution is -0.136. The van der Waals surface area contributed by atoms with Crippen LogP contribution in [0.4, 0.5) is 0 Å². The highest BCUT2D eigenvalue weighted by atomic mass is 35.5. The molecule has 3 nitrogen and oxygen atoms in total. The molecular formula is C23H35ClN2O. The third-order valence-corrected chi connectivity index (χ3v) is 6.84. The maximum Gasteiger partial charge on any atom is 0.225 e. The lowest BCUT2D eigenvalue weighted by Crippen LogP contribution is -2.48. The summed E-state index contributed by atoms with van der Waals surface area (Å²) in [6.45, 7) is 6.68. The molecule has 2 aliphatic heterocycles. The van der Waals surface area contributed by atoms with Gasteiger partial charge < -0.3 is 4.90 Å². The van der Waals surface area contributed by atoms with Gasteiger partial charge in [0.15, 0.2) is 0 Å². The predicted molar refractivity (Wildman–Crippen MR) is 113 cm³/mol. The lowest BCUT2D eigenvalue weighted by Gasteiger charge is -2.41. The Kier molecular flexibility index (Phi) is 7.22. The number of piperidine rings is 1. The SMILES string of the molecule is Cc1ccccc1CN1CCC(C2CCCCCN2C(=O)C2CC2)CC1.Cl. The smallest absolute Gasteiger partial charge is 0.225 e. The molecule has 150 valence electrons. The topological polar surface area (TPSA) is 23.6 Å². The fraction of sp³-hybridized carbons (Fsp3) is 0.696.